The Labute approximate surface area is 173 Å². The van der Waals surface area contributed by atoms with Crippen molar-refractivity contribution in [3.05, 3.63) is 72.2 Å². The number of likely N-dealkylation sites (tertiary alicyclic amines) is 1. The van der Waals surface area contributed by atoms with Crippen molar-refractivity contribution in [2.24, 2.45) is 5.92 Å². The summed E-state index contributed by atoms with van der Waals surface area (Å²) in [5.41, 5.74) is 4.57. The molecule has 4 rings (SSSR count). The highest BCUT2D eigenvalue weighted by molar-refractivity contribution is 5.61. The van der Waals surface area contributed by atoms with Crippen molar-refractivity contribution in [2.45, 2.75) is 32.9 Å². The van der Waals surface area contributed by atoms with Gasteiger partial charge in [0.2, 0.25) is 0 Å². The molecule has 1 fully saturated rings. The zero-order chi connectivity index (χ0) is 19.9. The molecule has 0 bridgehead atoms. The number of nitrogens with one attached hydrogen (secondary N) is 1. The average Bonchev–Trinajstić information content (AvgIpc) is 3.16. The molecule has 152 valence electrons. The fourth-order valence-electron chi connectivity index (χ4n) is 3.94. The van der Waals surface area contributed by atoms with Crippen LogP contribution < -0.4 is 5.32 Å². The molecule has 1 aliphatic heterocycles. The first-order chi connectivity index (χ1) is 14.3. The average molecular weight is 390 g/mol. The number of aromatic nitrogens is 3. The molecule has 0 atom stereocenters. The Morgan fingerprint density at radius 2 is 1.90 bits per heavy atom. The van der Waals surface area contributed by atoms with Crippen LogP contribution in [0, 0.1) is 5.92 Å². The zero-order valence-electron chi connectivity index (χ0n) is 17.3. The highest BCUT2D eigenvalue weighted by Crippen LogP contribution is 2.22. The minimum atomic E-state index is 0.778. The van der Waals surface area contributed by atoms with Crippen molar-refractivity contribution in [1.29, 1.82) is 0 Å². The second-order valence-electron chi connectivity index (χ2n) is 8.13. The lowest BCUT2D eigenvalue weighted by molar-refractivity contribution is 0.193. The predicted octanol–water partition coefficient (Wildman–Crippen LogP) is 3.81. The second-order valence-corrected chi connectivity index (χ2v) is 8.13. The number of benzene rings is 1. The molecule has 1 aliphatic rings. The first kappa shape index (κ1) is 19.8. The third-order valence-electron chi connectivity index (χ3n) is 5.76. The molecule has 5 heteroatoms. The molecular formula is C24H31N5. The smallest absolute Gasteiger partial charge is 0.0983 e. The van der Waals surface area contributed by atoms with E-state index in [2.05, 4.69) is 58.7 Å². The molecule has 0 saturated carbocycles. The monoisotopic (exact) mass is 389 g/mol. The first-order valence-corrected chi connectivity index (χ1v) is 10.7. The van der Waals surface area contributed by atoms with E-state index in [-0.39, 0.29) is 0 Å². The van der Waals surface area contributed by atoms with Crippen LogP contribution in [0.15, 0.2) is 61.1 Å². The third-order valence-corrected chi connectivity index (χ3v) is 5.76. The van der Waals surface area contributed by atoms with E-state index in [0.717, 1.165) is 43.4 Å². The number of nitrogens with zero attached hydrogens (tertiary/aromatic N) is 4. The van der Waals surface area contributed by atoms with Crippen LogP contribution in [0.2, 0.25) is 0 Å². The maximum Gasteiger partial charge on any atom is 0.0983 e. The van der Waals surface area contributed by atoms with E-state index < -0.39 is 0 Å². The molecule has 0 radical (unpaired) electrons. The van der Waals surface area contributed by atoms with E-state index in [1.165, 1.54) is 37.1 Å². The van der Waals surface area contributed by atoms with Gasteiger partial charge in [-0.2, -0.15) is 5.10 Å². The Bertz CT molecular complexity index is 867. The van der Waals surface area contributed by atoms with E-state index in [0.29, 0.717) is 0 Å². The largest absolute Gasteiger partial charge is 0.311 e. The minimum Gasteiger partial charge on any atom is -0.311 e. The quantitative estimate of drug-likeness (QED) is 0.595. The SMILES string of the molecule is CC1CCN(CCNCc2cn(Cc3ccccc3)nc2-c2cccnc2)CC1. The fraction of sp³-hybridized carbons (Fsp3) is 0.417. The summed E-state index contributed by atoms with van der Waals surface area (Å²) < 4.78 is 2.04. The van der Waals surface area contributed by atoms with Crippen molar-refractivity contribution in [1.82, 2.24) is 25.0 Å². The molecule has 1 N–H and O–H groups in total. The first-order valence-electron chi connectivity index (χ1n) is 10.7. The molecule has 3 heterocycles. The summed E-state index contributed by atoms with van der Waals surface area (Å²) in [6.07, 6.45) is 8.54. The van der Waals surface area contributed by atoms with Gasteiger partial charge in [0.05, 0.1) is 12.2 Å². The lowest BCUT2D eigenvalue weighted by Crippen LogP contribution is -2.37. The molecule has 29 heavy (non-hydrogen) atoms. The maximum atomic E-state index is 4.88. The predicted molar refractivity (Wildman–Crippen MR) is 118 cm³/mol. The van der Waals surface area contributed by atoms with E-state index in [1.54, 1.807) is 0 Å². The van der Waals surface area contributed by atoms with Crippen molar-refractivity contribution in [2.75, 3.05) is 26.2 Å². The van der Waals surface area contributed by atoms with Gasteiger partial charge in [-0.05, 0) is 49.5 Å². The van der Waals surface area contributed by atoms with Gasteiger partial charge in [-0.15, -0.1) is 0 Å². The molecule has 0 spiro atoms. The molecule has 1 saturated heterocycles. The molecule has 3 aromatic rings. The molecule has 0 unspecified atom stereocenters. The Kier molecular flexibility index (Phi) is 6.70. The van der Waals surface area contributed by atoms with Gasteiger partial charge in [-0.3, -0.25) is 9.67 Å². The van der Waals surface area contributed by atoms with Gasteiger partial charge in [-0.25, -0.2) is 0 Å². The molecule has 1 aromatic carbocycles. The Hall–Kier alpha value is -2.50. The van der Waals surface area contributed by atoms with Crippen LogP contribution in [-0.4, -0.2) is 45.8 Å². The van der Waals surface area contributed by atoms with Crippen LogP contribution in [0.5, 0.6) is 0 Å². The maximum absolute atomic E-state index is 4.88. The lowest BCUT2D eigenvalue weighted by atomic mass is 9.99. The minimum absolute atomic E-state index is 0.778. The molecule has 0 amide bonds. The normalized spacial score (nSPS) is 15.6. The van der Waals surface area contributed by atoms with Gasteiger partial charge in [0.15, 0.2) is 0 Å². The lowest BCUT2D eigenvalue weighted by Gasteiger charge is -2.30. The summed E-state index contributed by atoms with van der Waals surface area (Å²) in [5.74, 6) is 0.886. The second kappa shape index (κ2) is 9.81. The molecule has 5 nitrogen and oxygen atoms in total. The van der Waals surface area contributed by atoms with Crippen LogP contribution in [0.4, 0.5) is 0 Å². The van der Waals surface area contributed by atoms with Gasteiger partial charge < -0.3 is 10.2 Å². The number of pyridine rings is 1. The van der Waals surface area contributed by atoms with E-state index in [1.807, 2.05) is 29.2 Å². The van der Waals surface area contributed by atoms with Gasteiger partial charge in [0.1, 0.15) is 0 Å². The Morgan fingerprint density at radius 3 is 2.66 bits per heavy atom. The van der Waals surface area contributed by atoms with Crippen LogP contribution >= 0.6 is 0 Å². The third kappa shape index (κ3) is 5.52. The van der Waals surface area contributed by atoms with Crippen molar-refractivity contribution < 1.29 is 0 Å². The summed E-state index contributed by atoms with van der Waals surface area (Å²) in [6, 6.07) is 14.5. The van der Waals surface area contributed by atoms with Crippen molar-refractivity contribution in [3.8, 4) is 11.3 Å². The summed E-state index contributed by atoms with van der Waals surface area (Å²) in [6.45, 7) is 8.56. The Morgan fingerprint density at radius 1 is 1.07 bits per heavy atom. The van der Waals surface area contributed by atoms with Crippen LogP contribution in [0.3, 0.4) is 0 Å². The number of hydrogen-bond donors (Lipinski definition) is 1. The van der Waals surface area contributed by atoms with Gasteiger partial charge in [-0.1, -0.05) is 37.3 Å². The topological polar surface area (TPSA) is 46.0 Å². The zero-order valence-corrected chi connectivity index (χ0v) is 17.3. The number of hydrogen-bond acceptors (Lipinski definition) is 4. The van der Waals surface area contributed by atoms with Gasteiger partial charge in [0.25, 0.3) is 0 Å². The molecule has 2 aromatic heterocycles. The Balaban J connectivity index is 1.40. The summed E-state index contributed by atoms with van der Waals surface area (Å²) in [7, 11) is 0. The molecule has 0 aliphatic carbocycles. The van der Waals surface area contributed by atoms with Crippen LogP contribution in [0.25, 0.3) is 11.3 Å². The number of rotatable bonds is 8. The fourth-order valence-corrected chi connectivity index (χ4v) is 3.94. The summed E-state index contributed by atoms with van der Waals surface area (Å²) in [5, 5.41) is 8.51. The van der Waals surface area contributed by atoms with Crippen molar-refractivity contribution >= 4 is 0 Å². The molecular weight excluding hydrogens is 358 g/mol. The van der Waals surface area contributed by atoms with Gasteiger partial charge >= 0.3 is 0 Å². The van der Waals surface area contributed by atoms with E-state index >= 15 is 0 Å². The van der Waals surface area contributed by atoms with Crippen LogP contribution in [0.1, 0.15) is 30.9 Å². The number of piperidine rings is 1. The summed E-state index contributed by atoms with van der Waals surface area (Å²) in [4.78, 5) is 6.86. The van der Waals surface area contributed by atoms with E-state index in [9.17, 15) is 0 Å². The highest BCUT2D eigenvalue weighted by atomic mass is 15.3. The van der Waals surface area contributed by atoms with E-state index in [4.69, 9.17) is 5.10 Å². The van der Waals surface area contributed by atoms with Crippen molar-refractivity contribution in [3.63, 3.8) is 0 Å². The summed E-state index contributed by atoms with van der Waals surface area (Å²) >= 11 is 0. The standard InChI is InChI=1S/C24H31N5/c1-20-9-13-28(14-10-20)15-12-26-17-23-19-29(18-21-6-3-2-4-7-21)27-24(23)22-8-5-11-25-16-22/h2-8,11,16,19-20,26H,9-10,12-15,17-18H2,1H3. The van der Waals surface area contributed by atoms with Crippen LogP contribution in [-0.2, 0) is 13.1 Å². The van der Waals surface area contributed by atoms with Gasteiger partial charge in [0, 0.05) is 49.4 Å². The highest BCUT2D eigenvalue weighted by Gasteiger charge is 2.15.